The molecular formula is C22H25N3O4. The number of amides is 3. The number of anilines is 1. The Morgan fingerprint density at radius 2 is 1.79 bits per heavy atom. The number of ether oxygens (including phenoxy) is 1. The Balaban J connectivity index is 1.65. The van der Waals surface area contributed by atoms with Crippen molar-refractivity contribution in [3.05, 3.63) is 64.7 Å². The highest BCUT2D eigenvalue weighted by Gasteiger charge is 2.33. The number of hydrogen-bond acceptors (Lipinski definition) is 5. The molecule has 0 saturated carbocycles. The molecule has 3 rings (SSSR count). The maximum Gasteiger partial charge on any atom is 0.325 e. The highest BCUT2D eigenvalue weighted by atomic mass is 16.5. The Labute approximate surface area is 170 Å². The lowest BCUT2D eigenvalue weighted by Gasteiger charge is -2.34. The van der Waals surface area contributed by atoms with Crippen molar-refractivity contribution in [2.75, 3.05) is 19.0 Å². The molecule has 0 aromatic heterocycles. The summed E-state index contributed by atoms with van der Waals surface area (Å²) in [4.78, 5) is 38.7. The van der Waals surface area contributed by atoms with E-state index in [0.717, 1.165) is 22.3 Å². The Morgan fingerprint density at radius 1 is 1.07 bits per heavy atom. The van der Waals surface area contributed by atoms with Crippen molar-refractivity contribution in [1.29, 1.82) is 0 Å². The first-order valence-electron chi connectivity index (χ1n) is 9.44. The van der Waals surface area contributed by atoms with E-state index in [1.165, 1.54) is 7.11 Å². The van der Waals surface area contributed by atoms with E-state index in [2.05, 4.69) is 10.6 Å². The number of benzene rings is 2. The number of urea groups is 1. The monoisotopic (exact) mass is 395 g/mol. The molecule has 0 radical (unpaired) electrons. The molecule has 2 N–H and O–H groups in total. The normalized spacial score (nSPS) is 15.9. The van der Waals surface area contributed by atoms with Gasteiger partial charge in [-0.3, -0.25) is 19.8 Å². The fraction of sp³-hybridized carbons (Fsp3) is 0.318. The van der Waals surface area contributed by atoms with Gasteiger partial charge in [-0.1, -0.05) is 36.4 Å². The zero-order valence-electron chi connectivity index (χ0n) is 16.8. The first kappa shape index (κ1) is 20.5. The Kier molecular flexibility index (Phi) is 6.29. The van der Waals surface area contributed by atoms with E-state index >= 15 is 0 Å². The fourth-order valence-corrected chi connectivity index (χ4v) is 3.50. The number of nitrogens with zero attached hydrogens (tertiary/aromatic N) is 1. The number of fused-ring (bicyclic) bond motifs is 1. The second-order valence-corrected chi connectivity index (χ2v) is 7.17. The third-order valence-corrected chi connectivity index (χ3v) is 5.27. The number of rotatable bonds is 4. The molecule has 0 spiro atoms. The first-order chi connectivity index (χ1) is 13.9. The van der Waals surface area contributed by atoms with Gasteiger partial charge in [-0.05, 0) is 48.6 Å². The zero-order valence-corrected chi connectivity index (χ0v) is 16.8. The average Bonchev–Trinajstić information content (AvgIpc) is 2.70. The molecule has 0 aliphatic carbocycles. The molecule has 0 bridgehead atoms. The Hall–Kier alpha value is -3.19. The van der Waals surface area contributed by atoms with Crippen LogP contribution in [-0.4, -0.2) is 42.5 Å². The average molecular weight is 395 g/mol. The maximum absolute atomic E-state index is 12.5. The van der Waals surface area contributed by atoms with Gasteiger partial charge in [0.15, 0.2) is 0 Å². The summed E-state index contributed by atoms with van der Waals surface area (Å²) in [7, 11) is 1.33. The van der Waals surface area contributed by atoms with Gasteiger partial charge >= 0.3 is 12.0 Å². The molecular weight excluding hydrogens is 370 g/mol. The molecule has 1 heterocycles. The van der Waals surface area contributed by atoms with E-state index in [0.29, 0.717) is 18.7 Å². The number of esters is 1. The molecule has 0 saturated heterocycles. The number of hydrogen-bond donors (Lipinski definition) is 2. The molecule has 0 fully saturated rings. The van der Waals surface area contributed by atoms with Crippen LogP contribution in [0.2, 0.25) is 0 Å². The van der Waals surface area contributed by atoms with Crippen LogP contribution < -0.4 is 10.6 Å². The van der Waals surface area contributed by atoms with Gasteiger partial charge in [0, 0.05) is 12.2 Å². The Morgan fingerprint density at radius 3 is 2.52 bits per heavy atom. The quantitative estimate of drug-likeness (QED) is 0.777. The summed E-state index contributed by atoms with van der Waals surface area (Å²) >= 11 is 0. The fourth-order valence-electron chi connectivity index (χ4n) is 3.50. The molecule has 0 unspecified atom stereocenters. The molecule has 2 aromatic rings. The number of carbonyl (C=O) groups is 3. The summed E-state index contributed by atoms with van der Waals surface area (Å²) in [5.74, 6) is -0.881. The summed E-state index contributed by atoms with van der Waals surface area (Å²) < 4.78 is 4.91. The highest BCUT2D eigenvalue weighted by molar-refractivity contribution is 6.02. The second-order valence-electron chi connectivity index (χ2n) is 7.17. The van der Waals surface area contributed by atoms with Gasteiger partial charge in [-0.25, -0.2) is 4.79 Å². The maximum atomic E-state index is 12.5. The lowest BCUT2D eigenvalue weighted by Crippen LogP contribution is -2.51. The predicted molar refractivity (Wildman–Crippen MR) is 109 cm³/mol. The summed E-state index contributed by atoms with van der Waals surface area (Å²) in [6.45, 7) is 4.19. The van der Waals surface area contributed by atoms with Crippen molar-refractivity contribution in [2.24, 2.45) is 0 Å². The molecule has 1 aliphatic rings. The van der Waals surface area contributed by atoms with E-state index in [9.17, 15) is 14.4 Å². The van der Waals surface area contributed by atoms with Crippen LogP contribution >= 0.6 is 0 Å². The van der Waals surface area contributed by atoms with Crippen LogP contribution in [0.25, 0.3) is 0 Å². The van der Waals surface area contributed by atoms with Gasteiger partial charge in [0.1, 0.15) is 6.04 Å². The lowest BCUT2D eigenvalue weighted by molar-refractivity contribution is -0.148. The summed E-state index contributed by atoms with van der Waals surface area (Å²) in [6, 6.07) is 12.2. The van der Waals surface area contributed by atoms with Crippen LogP contribution in [0.5, 0.6) is 0 Å². The molecule has 7 heteroatoms. The summed E-state index contributed by atoms with van der Waals surface area (Å²) in [5.41, 5.74) is 4.75. The third-order valence-electron chi connectivity index (χ3n) is 5.27. The van der Waals surface area contributed by atoms with E-state index in [1.54, 1.807) is 11.0 Å². The van der Waals surface area contributed by atoms with Crippen LogP contribution in [0.1, 0.15) is 22.3 Å². The van der Waals surface area contributed by atoms with E-state index in [4.69, 9.17) is 4.74 Å². The van der Waals surface area contributed by atoms with Gasteiger partial charge in [0.25, 0.3) is 0 Å². The summed E-state index contributed by atoms with van der Waals surface area (Å²) in [6.07, 6.45) is 0.463. The molecule has 1 aliphatic heterocycles. The largest absolute Gasteiger partial charge is 0.468 e. The predicted octanol–water partition coefficient (Wildman–Crippen LogP) is 2.55. The molecule has 1 atom stereocenters. The number of methoxy groups -OCH3 is 1. The summed E-state index contributed by atoms with van der Waals surface area (Å²) in [5, 5.41) is 5.04. The molecule has 3 amide bonds. The molecule has 7 nitrogen and oxygen atoms in total. The number of imide groups is 1. The topological polar surface area (TPSA) is 87.7 Å². The minimum absolute atomic E-state index is 0.0890. The smallest absolute Gasteiger partial charge is 0.325 e. The van der Waals surface area contributed by atoms with E-state index in [-0.39, 0.29) is 6.54 Å². The van der Waals surface area contributed by atoms with Crippen LogP contribution in [-0.2, 0) is 27.3 Å². The van der Waals surface area contributed by atoms with Crippen LogP contribution in [0, 0.1) is 13.8 Å². The van der Waals surface area contributed by atoms with Crippen LogP contribution in [0.4, 0.5) is 10.5 Å². The van der Waals surface area contributed by atoms with Gasteiger partial charge in [0.05, 0.1) is 13.7 Å². The van der Waals surface area contributed by atoms with Gasteiger partial charge in [-0.15, -0.1) is 0 Å². The van der Waals surface area contributed by atoms with Crippen LogP contribution in [0.15, 0.2) is 42.5 Å². The van der Waals surface area contributed by atoms with Crippen molar-refractivity contribution in [1.82, 2.24) is 10.2 Å². The van der Waals surface area contributed by atoms with Crippen LogP contribution in [0.3, 0.4) is 0 Å². The minimum atomic E-state index is -0.601. The first-order valence-corrected chi connectivity index (χ1v) is 9.44. The lowest BCUT2D eigenvalue weighted by atomic mass is 9.94. The highest BCUT2D eigenvalue weighted by Crippen LogP contribution is 2.24. The number of nitrogens with one attached hydrogen (secondary N) is 2. The standard InChI is InChI=1S/C22H25N3O4/c1-14-7-6-10-18(15(14)2)23-22(28)24-20(26)13-25-12-17-9-5-4-8-16(17)11-19(25)21(27)29-3/h4-10,19H,11-13H2,1-3H3,(H2,23,24,26,28)/t19-/m1/s1. The zero-order chi connectivity index (χ0) is 21.0. The van der Waals surface area contributed by atoms with Crippen molar-refractivity contribution in [2.45, 2.75) is 32.9 Å². The van der Waals surface area contributed by atoms with Crippen molar-refractivity contribution in [3.8, 4) is 0 Å². The minimum Gasteiger partial charge on any atom is -0.468 e. The Bertz CT molecular complexity index is 941. The van der Waals surface area contributed by atoms with E-state index < -0.39 is 23.9 Å². The van der Waals surface area contributed by atoms with Gasteiger partial charge in [0.2, 0.25) is 5.91 Å². The third kappa shape index (κ3) is 4.81. The van der Waals surface area contributed by atoms with E-state index in [1.807, 2.05) is 50.2 Å². The van der Waals surface area contributed by atoms with Crippen molar-refractivity contribution in [3.63, 3.8) is 0 Å². The van der Waals surface area contributed by atoms with Gasteiger partial charge < -0.3 is 10.1 Å². The number of carbonyl (C=O) groups excluding carboxylic acids is 3. The second kappa shape index (κ2) is 8.87. The van der Waals surface area contributed by atoms with Crippen molar-refractivity contribution >= 4 is 23.6 Å². The molecule has 29 heavy (non-hydrogen) atoms. The number of aryl methyl sites for hydroxylation is 1. The molecule has 152 valence electrons. The SMILES string of the molecule is COC(=O)[C@H]1Cc2ccccc2CN1CC(=O)NC(=O)Nc1cccc(C)c1C. The van der Waals surface area contributed by atoms with Crippen molar-refractivity contribution < 1.29 is 19.1 Å². The van der Waals surface area contributed by atoms with Gasteiger partial charge in [-0.2, -0.15) is 0 Å². The molecule has 2 aromatic carbocycles.